The molecule has 1 aromatic rings. The number of pyridine rings is 1. The van der Waals surface area contributed by atoms with Crippen molar-refractivity contribution in [1.29, 1.82) is 0 Å². The van der Waals surface area contributed by atoms with E-state index in [4.69, 9.17) is 0 Å². The molecule has 1 aliphatic rings. The molecular weight excluding hydrogens is 244 g/mol. The van der Waals surface area contributed by atoms with Crippen molar-refractivity contribution in [2.75, 3.05) is 37.6 Å². The summed E-state index contributed by atoms with van der Waals surface area (Å²) < 4.78 is 0. The quantitative estimate of drug-likeness (QED) is 0.612. The summed E-state index contributed by atoms with van der Waals surface area (Å²) in [5.41, 5.74) is 0.0970. The largest absolute Gasteiger partial charge is 0.348 e. The van der Waals surface area contributed by atoms with Gasteiger partial charge in [0.2, 0.25) is 5.82 Å². The van der Waals surface area contributed by atoms with E-state index in [-0.39, 0.29) is 10.6 Å². The summed E-state index contributed by atoms with van der Waals surface area (Å²) >= 11 is 0. The maximum Gasteiger partial charge on any atom is 0.311 e. The number of hydrogen-bond donors (Lipinski definition) is 0. The molecular formula is C13H20N4O2. The molecule has 0 amide bonds. The first kappa shape index (κ1) is 13.7. The van der Waals surface area contributed by atoms with E-state index in [1.165, 1.54) is 6.07 Å². The highest BCUT2D eigenvalue weighted by atomic mass is 16.6. The van der Waals surface area contributed by atoms with Crippen LogP contribution in [0, 0.1) is 16.0 Å². The van der Waals surface area contributed by atoms with Gasteiger partial charge in [-0.15, -0.1) is 0 Å². The van der Waals surface area contributed by atoms with Crippen LogP contribution in [-0.4, -0.2) is 47.5 Å². The lowest BCUT2D eigenvalue weighted by Gasteiger charge is -2.35. The highest BCUT2D eigenvalue weighted by Crippen LogP contribution is 2.25. The lowest BCUT2D eigenvalue weighted by molar-refractivity contribution is -0.384. The lowest BCUT2D eigenvalue weighted by Crippen LogP contribution is -2.47. The Hall–Kier alpha value is -1.69. The van der Waals surface area contributed by atoms with Crippen molar-refractivity contribution in [3.05, 3.63) is 28.4 Å². The van der Waals surface area contributed by atoms with Crippen LogP contribution in [0.1, 0.15) is 13.8 Å². The summed E-state index contributed by atoms with van der Waals surface area (Å²) in [6.45, 7) is 8.96. The van der Waals surface area contributed by atoms with Crippen molar-refractivity contribution >= 4 is 11.5 Å². The minimum absolute atomic E-state index is 0.0970. The Morgan fingerprint density at radius 2 is 2.05 bits per heavy atom. The fraction of sp³-hybridized carbons (Fsp3) is 0.615. The molecule has 1 aliphatic heterocycles. The molecule has 2 heterocycles. The summed E-state index contributed by atoms with van der Waals surface area (Å²) in [6, 6.07) is 3.12. The molecule has 0 saturated carbocycles. The summed E-state index contributed by atoms with van der Waals surface area (Å²) in [7, 11) is 0. The molecule has 6 nitrogen and oxygen atoms in total. The SMILES string of the molecule is CC(C)CN1CCN(c2ncccc2[N+](=O)[O-])CC1. The van der Waals surface area contributed by atoms with E-state index in [2.05, 4.69) is 23.7 Å². The number of hydrogen-bond acceptors (Lipinski definition) is 5. The van der Waals surface area contributed by atoms with Crippen LogP contribution >= 0.6 is 0 Å². The lowest BCUT2D eigenvalue weighted by atomic mass is 10.2. The van der Waals surface area contributed by atoms with E-state index in [1.807, 2.05) is 4.90 Å². The fourth-order valence-corrected chi connectivity index (χ4v) is 2.43. The number of anilines is 1. The molecule has 0 spiro atoms. The van der Waals surface area contributed by atoms with Gasteiger partial charge in [0.25, 0.3) is 0 Å². The van der Waals surface area contributed by atoms with Crippen molar-refractivity contribution in [3.63, 3.8) is 0 Å². The van der Waals surface area contributed by atoms with E-state index >= 15 is 0 Å². The first-order valence-corrected chi connectivity index (χ1v) is 6.64. The van der Waals surface area contributed by atoms with Gasteiger partial charge in [0.05, 0.1) is 4.92 Å². The van der Waals surface area contributed by atoms with Crippen molar-refractivity contribution in [2.24, 2.45) is 5.92 Å². The van der Waals surface area contributed by atoms with E-state index in [0.29, 0.717) is 11.7 Å². The van der Waals surface area contributed by atoms with Crippen LogP contribution < -0.4 is 4.90 Å². The Morgan fingerprint density at radius 3 is 2.63 bits per heavy atom. The van der Waals surface area contributed by atoms with Gasteiger partial charge in [-0.2, -0.15) is 0 Å². The average molecular weight is 264 g/mol. The van der Waals surface area contributed by atoms with Crippen LogP contribution in [-0.2, 0) is 0 Å². The Kier molecular flexibility index (Phi) is 4.31. The van der Waals surface area contributed by atoms with Gasteiger partial charge < -0.3 is 4.90 Å². The van der Waals surface area contributed by atoms with E-state index < -0.39 is 0 Å². The zero-order valence-electron chi connectivity index (χ0n) is 11.5. The van der Waals surface area contributed by atoms with Gasteiger partial charge in [0.15, 0.2) is 0 Å². The van der Waals surface area contributed by atoms with Gasteiger partial charge in [-0.05, 0) is 12.0 Å². The highest BCUT2D eigenvalue weighted by Gasteiger charge is 2.24. The number of piperazine rings is 1. The van der Waals surface area contributed by atoms with Crippen LogP contribution in [0.2, 0.25) is 0 Å². The van der Waals surface area contributed by atoms with Gasteiger partial charge in [0, 0.05) is 45.0 Å². The minimum Gasteiger partial charge on any atom is -0.348 e. The third-order valence-electron chi connectivity index (χ3n) is 3.26. The van der Waals surface area contributed by atoms with Crippen molar-refractivity contribution < 1.29 is 4.92 Å². The second-order valence-corrected chi connectivity index (χ2v) is 5.28. The van der Waals surface area contributed by atoms with Gasteiger partial charge in [-0.25, -0.2) is 4.98 Å². The minimum atomic E-state index is -0.358. The van der Waals surface area contributed by atoms with Crippen LogP contribution in [0.15, 0.2) is 18.3 Å². The van der Waals surface area contributed by atoms with Gasteiger partial charge in [0.1, 0.15) is 0 Å². The second kappa shape index (κ2) is 5.97. The molecule has 2 rings (SSSR count). The van der Waals surface area contributed by atoms with Gasteiger partial charge in [-0.3, -0.25) is 15.0 Å². The average Bonchev–Trinajstić information content (AvgIpc) is 2.39. The maximum atomic E-state index is 11.0. The van der Waals surface area contributed by atoms with E-state index in [1.54, 1.807) is 12.3 Å². The molecule has 104 valence electrons. The summed E-state index contributed by atoms with van der Waals surface area (Å²) in [6.07, 6.45) is 1.61. The van der Waals surface area contributed by atoms with Gasteiger partial charge in [-0.1, -0.05) is 13.8 Å². The first-order valence-electron chi connectivity index (χ1n) is 6.64. The Morgan fingerprint density at radius 1 is 1.37 bits per heavy atom. The maximum absolute atomic E-state index is 11.0. The van der Waals surface area contributed by atoms with E-state index in [9.17, 15) is 10.1 Å². The van der Waals surface area contributed by atoms with Crippen molar-refractivity contribution in [3.8, 4) is 0 Å². The standard InChI is InChI=1S/C13H20N4O2/c1-11(2)10-15-6-8-16(9-7-15)13-12(17(18)19)4-3-5-14-13/h3-5,11H,6-10H2,1-2H3. The normalized spacial score (nSPS) is 16.9. The zero-order chi connectivity index (χ0) is 13.8. The first-order chi connectivity index (χ1) is 9.08. The molecule has 0 bridgehead atoms. The summed E-state index contributed by atoms with van der Waals surface area (Å²) in [4.78, 5) is 19.2. The smallest absolute Gasteiger partial charge is 0.311 e. The van der Waals surface area contributed by atoms with Crippen LogP contribution in [0.5, 0.6) is 0 Å². The molecule has 19 heavy (non-hydrogen) atoms. The van der Waals surface area contributed by atoms with Crippen LogP contribution in [0.4, 0.5) is 11.5 Å². The van der Waals surface area contributed by atoms with Crippen LogP contribution in [0.25, 0.3) is 0 Å². The molecule has 0 radical (unpaired) electrons. The number of aromatic nitrogens is 1. The predicted octanol–water partition coefficient (Wildman–Crippen LogP) is 1.77. The van der Waals surface area contributed by atoms with Gasteiger partial charge >= 0.3 is 5.69 Å². The summed E-state index contributed by atoms with van der Waals surface area (Å²) in [5.74, 6) is 1.15. The van der Waals surface area contributed by atoms with Crippen molar-refractivity contribution in [2.45, 2.75) is 13.8 Å². The molecule has 0 aromatic carbocycles. The summed E-state index contributed by atoms with van der Waals surface area (Å²) in [5, 5.41) is 11.0. The molecule has 1 aromatic heterocycles. The molecule has 0 atom stereocenters. The Balaban J connectivity index is 2.04. The molecule has 0 aliphatic carbocycles. The zero-order valence-corrected chi connectivity index (χ0v) is 11.5. The highest BCUT2D eigenvalue weighted by molar-refractivity contribution is 5.57. The predicted molar refractivity (Wildman–Crippen MR) is 74.4 cm³/mol. The molecule has 0 N–H and O–H groups in total. The third-order valence-corrected chi connectivity index (χ3v) is 3.26. The third kappa shape index (κ3) is 3.41. The van der Waals surface area contributed by atoms with Crippen LogP contribution in [0.3, 0.4) is 0 Å². The fourth-order valence-electron chi connectivity index (χ4n) is 2.43. The second-order valence-electron chi connectivity index (χ2n) is 5.28. The monoisotopic (exact) mass is 264 g/mol. The molecule has 1 fully saturated rings. The molecule has 6 heteroatoms. The molecule has 1 saturated heterocycles. The number of nitro groups is 1. The number of rotatable bonds is 4. The Labute approximate surface area is 113 Å². The Bertz CT molecular complexity index is 442. The molecule has 0 unspecified atom stereocenters. The topological polar surface area (TPSA) is 62.5 Å². The van der Waals surface area contributed by atoms with E-state index in [0.717, 1.165) is 32.7 Å². The number of nitrogens with zero attached hydrogens (tertiary/aromatic N) is 4. The van der Waals surface area contributed by atoms with Crippen molar-refractivity contribution in [1.82, 2.24) is 9.88 Å².